The van der Waals surface area contributed by atoms with Gasteiger partial charge in [-0.1, -0.05) is 54.6 Å². The molecule has 1 atom stereocenters. The molecule has 0 radical (unpaired) electrons. The van der Waals surface area contributed by atoms with E-state index in [4.69, 9.17) is 9.47 Å². The first-order valence-electron chi connectivity index (χ1n) is 10.1. The number of halogens is 1. The molecular weight excluding hydrogens is 381 g/mol. The average Bonchev–Trinajstić information content (AvgIpc) is 2.77. The van der Waals surface area contributed by atoms with Crippen LogP contribution in [0.15, 0.2) is 78.9 Å². The molecule has 0 aliphatic heterocycles. The lowest BCUT2D eigenvalue weighted by molar-refractivity contribution is -0.710. The van der Waals surface area contributed by atoms with Gasteiger partial charge in [0.1, 0.15) is 37.2 Å². The molecule has 0 aliphatic rings. The molecule has 2 N–H and O–H groups in total. The number of hydrogen-bond donors (Lipinski definition) is 1. The molecule has 0 saturated carbocycles. The van der Waals surface area contributed by atoms with E-state index in [0.29, 0.717) is 19.8 Å². The summed E-state index contributed by atoms with van der Waals surface area (Å²) in [6, 6.07) is 24.1. The Morgan fingerprint density at radius 2 is 1.70 bits per heavy atom. The van der Waals surface area contributed by atoms with Gasteiger partial charge >= 0.3 is 5.97 Å². The summed E-state index contributed by atoms with van der Waals surface area (Å²) in [6.07, 6.45) is 0.226. The third-order valence-electron chi connectivity index (χ3n) is 4.77. The Balaban J connectivity index is 1.63. The van der Waals surface area contributed by atoms with Crippen molar-refractivity contribution in [1.29, 1.82) is 0 Å². The number of hydrogen-bond acceptors (Lipinski definition) is 3. The van der Waals surface area contributed by atoms with E-state index >= 15 is 0 Å². The van der Waals surface area contributed by atoms with Crippen LogP contribution in [-0.4, -0.2) is 12.6 Å². The van der Waals surface area contributed by atoms with E-state index in [9.17, 15) is 9.18 Å². The van der Waals surface area contributed by atoms with Crippen molar-refractivity contribution in [3.8, 4) is 5.75 Å². The zero-order chi connectivity index (χ0) is 21.2. The lowest BCUT2D eigenvalue weighted by Crippen LogP contribution is -2.84. The van der Waals surface area contributed by atoms with Crippen molar-refractivity contribution in [2.45, 2.75) is 32.5 Å². The Hall–Kier alpha value is -3.18. The quantitative estimate of drug-likeness (QED) is 0.513. The van der Waals surface area contributed by atoms with Crippen LogP contribution in [0.5, 0.6) is 5.75 Å². The van der Waals surface area contributed by atoms with E-state index in [2.05, 4.69) is 5.32 Å². The number of esters is 1. The summed E-state index contributed by atoms with van der Waals surface area (Å²) in [5.41, 5.74) is 3.08. The summed E-state index contributed by atoms with van der Waals surface area (Å²) in [5, 5.41) is 2.07. The van der Waals surface area contributed by atoms with Crippen LogP contribution in [0.1, 0.15) is 36.1 Å². The van der Waals surface area contributed by atoms with Crippen LogP contribution in [0.4, 0.5) is 4.39 Å². The predicted molar refractivity (Wildman–Crippen MR) is 113 cm³/mol. The smallest absolute Gasteiger partial charge is 0.312 e. The molecule has 0 amide bonds. The van der Waals surface area contributed by atoms with Crippen molar-refractivity contribution in [2.75, 3.05) is 6.61 Å². The SMILES string of the molecule is CCOC(=O)CC([NH2+]Cc1cccc(OCc2ccccc2)c1)c1ccc(F)cc1. The second-order valence-corrected chi connectivity index (χ2v) is 7.03. The number of benzene rings is 3. The van der Waals surface area contributed by atoms with Gasteiger partial charge < -0.3 is 14.8 Å². The van der Waals surface area contributed by atoms with Crippen LogP contribution < -0.4 is 10.1 Å². The fourth-order valence-electron chi connectivity index (χ4n) is 3.23. The van der Waals surface area contributed by atoms with Gasteiger partial charge in [-0.2, -0.15) is 0 Å². The van der Waals surface area contributed by atoms with Gasteiger partial charge in [0, 0.05) is 11.1 Å². The van der Waals surface area contributed by atoms with Gasteiger partial charge in [-0.25, -0.2) is 4.39 Å². The van der Waals surface area contributed by atoms with Gasteiger partial charge in [-0.05, 0) is 36.8 Å². The lowest BCUT2D eigenvalue weighted by atomic mass is 10.0. The number of rotatable bonds is 10. The van der Waals surface area contributed by atoms with Crippen molar-refractivity contribution >= 4 is 5.97 Å². The van der Waals surface area contributed by atoms with Gasteiger partial charge in [-0.3, -0.25) is 4.79 Å². The highest BCUT2D eigenvalue weighted by molar-refractivity contribution is 5.70. The second-order valence-electron chi connectivity index (χ2n) is 7.03. The number of carbonyl (C=O) groups excluding carboxylic acids is 1. The molecule has 3 rings (SSSR count). The minimum absolute atomic E-state index is 0.154. The summed E-state index contributed by atoms with van der Waals surface area (Å²) in [4.78, 5) is 12.0. The van der Waals surface area contributed by atoms with Crippen molar-refractivity contribution in [1.82, 2.24) is 0 Å². The van der Waals surface area contributed by atoms with Gasteiger partial charge in [0.15, 0.2) is 0 Å². The normalized spacial score (nSPS) is 11.7. The van der Waals surface area contributed by atoms with Crippen LogP contribution in [0, 0.1) is 5.82 Å². The van der Waals surface area contributed by atoms with E-state index in [1.807, 2.05) is 54.6 Å². The number of nitrogens with two attached hydrogens (primary N) is 1. The number of quaternary nitrogens is 1. The van der Waals surface area contributed by atoms with Crippen LogP contribution >= 0.6 is 0 Å². The van der Waals surface area contributed by atoms with E-state index in [1.165, 1.54) is 12.1 Å². The fourth-order valence-corrected chi connectivity index (χ4v) is 3.23. The standard InChI is InChI=1S/C25H26FNO3/c1-2-29-25(28)16-24(21-11-13-22(26)14-12-21)27-17-20-9-6-10-23(15-20)30-18-19-7-4-3-5-8-19/h3-15,24,27H,2,16-18H2,1H3/p+1. The number of carbonyl (C=O) groups is 1. The summed E-state index contributed by atoms with van der Waals surface area (Å²) in [6.45, 7) is 3.30. The maximum Gasteiger partial charge on any atom is 0.312 e. The average molecular weight is 408 g/mol. The highest BCUT2D eigenvalue weighted by atomic mass is 19.1. The van der Waals surface area contributed by atoms with Gasteiger partial charge in [0.2, 0.25) is 0 Å². The molecule has 0 bridgehead atoms. The molecule has 4 nitrogen and oxygen atoms in total. The van der Waals surface area contributed by atoms with Crippen molar-refractivity contribution in [3.63, 3.8) is 0 Å². The van der Waals surface area contributed by atoms with E-state index in [-0.39, 0.29) is 24.2 Å². The predicted octanol–water partition coefficient (Wildman–Crippen LogP) is 4.16. The third kappa shape index (κ3) is 6.71. The molecule has 3 aromatic rings. The van der Waals surface area contributed by atoms with Crippen molar-refractivity contribution in [2.24, 2.45) is 0 Å². The maximum atomic E-state index is 13.3. The first-order chi connectivity index (χ1) is 14.6. The Morgan fingerprint density at radius 1 is 0.967 bits per heavy atom. The molecular formula is C25H27FNO3+. The largest absolute Gasteiger partial charge is 0.489 e. The van der Waals surface area contributed by atoms with Crippen LogP contribution in [0.2, 0.25) is 0 Å². The fraction of sp³-hybridized carbons (Fsp3) is 0.240. The number of ether oxygens (including phenoxy) is 2. The van der Waals surface area contributed by atoms with E-state index < -0.39 is 0 Å². The minimum Gasteiger partial charge on any atom is -0.489 e. The minimum atomic E-state index is -0.295. The highest BCUT2D eigenvalue weighted by Crippen LogP contribution is 2.17. The molecule has 0 aliphatic carbocycles. The molecule has 0 fully saturated rings. The first kappa shape index (κ1) is 21.5. The van der Waals surface area contributed by atoms with E-state index in [1.54, 1.807) is 19.1 Å². The van der Waals surface area contributed by atoms with E-state index in [0.717, 1.165) is 22.4 Å². The van der Waals surface area contributed by atoms with Crippen molar-refractivity contribution < 1.29 is 24.0 Å². The summed E-state index contributed by atoms with van der Waals surface area (Å²) in [5.74, 6) is 0.244. The Labute approximate surface area is 176 Å². The summed E-state index contributed by atoms with van der Waals surface area (Å²) < 4.78 is 24.3. The Bertz CT molecular complexity index is 929. The molecule has 30 heavy (non-hydrogen) atoms. The maximum absolute atomic E-state index is 13.3. The molecule has 5 heteroatoms. The monoisotopic (exact) mass is 408 g/mol. The zero-order valence-corrected chi connectivity index (χ0v) is 17.1. The van der Waals surface area contributed by atoms with Crippen LogP contribution in [0.25, 0.3) is 0 Å². The molecule has 156 valence electrons. The van der Waals surface area contributed by atoms with Crippen LogP contribution in [-0.2, 0) is 22.7 Å². The molecule has 3 aromatic carbocycles. The molecule has 0 heterocycles. The Morgan fingerprint density at radius 3 is 2.43 bits per heavy atom. The second kappa shape index (κ2) is 11.1. The van der Waals surface area contributed by atoms with Crippen LogP contribution in [0.3, 0.4) is 0 Å². The van der Waals surface area contributed by atoms with Gasteiger partial charge in [-0.15, -0.1) is 0 Å². The highest BCUT2D eigenvalue weighted by Gasteiger charge is 2.20. The molecule has 1 unspecified atom stereocenters. The third-order valence-corrected chi connectivity index (χ3v) is 4.77. The summed E-state index contributed by atoms with van der Waals surface area (Å²) in [7, 11) is 0. The Kier molecular flexibility index (Phi) is 7.98. The lowest BCUT2D eigenvalue weighted by Gasteiger charge is -2.16. The molecule has 0 spiro atoms. The van der Waals surface area contributed by atoms with Gasteiger partial charge in [0.05, 0.1) is 6.61 Å². The van der Waals surface area contributed by atoms with Gasteiger partial charge in [0.25, 0.3) is 0 Å². The van der Waals surface area contributed by atoms with Crippen molar-refractivity contribution in [3.05, 3.63) is 101 Å². The summed E-state index contributed by atoms with van der Waals surface area (Å²) >= 11 is 0. The topological polar surface area (TPSA) is 52.1 Å². The zero-order valence-electron chi connectivity index (χ0n) is 17.1. The first-order valence-corrected chi connectivity index (χ1v) is 10.1. The molecule has 0 saturated heterocycles. The molecule has 0 aromatic heterocycles.